The van der Waals surface area contributed by atoms with Gasteiger partial charge in [-0.3, -0.25) is 0 Å². The molecule has 1 aromatic heterocycles. The summed E-state index contributed by atoms with van der Waals surface area (Å²) in [5.74, 6) is 1.81. The quantitative estimate of drug-likeness (QED) is 0.832. The third-order valence-corrected chi connectivity index (χ3v) is 3.75. The molecule has 0 radical (unpaired) electrons. The van der Waals surface area contributed by atoms with Crippen LogP contribution in [0, 0.1) is 5.92 Å². The minimum atomic E-state index is 0.448. The van der Waals surface area contributed by atoms with E-state index < -0.39 is 0 Å². The van der Waals surface area contributed by atoms with Gasteiger partial charge >= 0.3 is 0 Å². The van der Waals surface area contributed by atoms with Crippen molar-refractivity contribution in [1.82, 2.24) is 5.32 Å². The molecular formula is C17H23NO2. The molecule has 1 aliphatic rings. The summed E-state index contributed by atoms with van der Waals surface area (Å²) < 4.78 is 11.8. The van der Waals surface area contributed by atoms with Crippen LogP contribution >= 0.6 is 0 Å². The zero-order valence-electron chi connectivity index (χ0n) is 12.3. The topological polar surface area (TPSA) is 34.4 Å². The number of hydrogen-bond acceptors (Lipinski definition) is 3. The first kappa shape index (κ1) is 13.7. The van der Waals surface area contributed by atoms with E-state index in [-0.39, 0.29) is 0 Å². The highest BCUT2D eigenvalue weighted by Crippen LogP contribution is 2.31. The molecule has 2 aromatic rings. The predicted molar refractivity (Wildman–Crippen MR) is 80.6 cm³/mol. The number of nitrogens with one attached hydrogen (secondary N) is 1. The first-order chi connectivity index (χ1) is 9.74. The van der Waals surface area contributed by atoms with Gasteiger partial charge in [-0.05, 0) is 24.8 Å². The van der Waals surface area contributed by atoms with Crippen LogP contribution in [0.1, 0.15) is 38.0 Å². The molecule has 108 valence electrons. The third kappa shape index (κ3) is 3.22. The summed E-state index contributed by atoms with van der Waals surface area (Å²) in [5, 5.41) is 4.61. The zero-order chi connectivity index (χ0) is 13.9. The third-order valence-electron chi connectivity index (χ3n) is 3.75. The molecule has 0 spiro atoms. The summed E-state index contributed by atoms with van der Waals surface area (Å²) in [4.78, 5) is 0. The Bertz CT molecular complexity index is 569. The summed E-state index contributed by atoms with van der Waals surface area (Å²) in [5.41, 5.74) is 2.16. The molecule has 1 fully saturated rings. The minimum absolute atomic E-state index is 0.448. The van der Waals surface area contributed by atoms with Crippen molar-refractivity contribution in [2.45, 2.75) is 45.9 Å². The first-order valence-corrected chi connectivity index (χ1v) is 7.54. The predicted octanol–water partition coefficient (Wildman–Crippen LogP) is 3.86. The van der Waals surface area contributed by atoms with Crippen molar-refractivity contribution in [3.8, 4) is 0 Å². The number of benzene rings is 1. The van der Waals surface area contributed by atoms with E-state index in [1.165, 1.54) is 23.8 Å². The van der Waals surface area contributed by atoms with E-state index in [1.807, 2.05) is 12.1 Å². The van der Waals surface area contributed by atoms with E-state index in [4.69, 9.17) is 9.15 Å². The second-order valence-electron chi connectivity index (χ2n) is 5.99. The maximum absolute atomic E-state index is 5.98. The maximum Gasteiger partial charge on any atom is 0.134 e. The van der Waals surface area contributed by atoms with E-state index in [1.54, 1.807) is 0 Å². The van der Waals surface area contributed by atoms with E-state index in [2.05, 4.69) is 31.3 Å². The first-order valence-electron chi connectivity index (χ1n) is 7.54. The molecule has 1 aliphatic carbocycles. The molecule has 0 amide bonds. The van der Waals surface area contributed by atoms with E-state index in [9.17, 15) is 0 Å². The van der Waals surface area contributed by atoms with Gasteiger partial charge in [0, 0.05) is 23.6 Å². The fraction of sp³-hybridized carbons (Fsp3) is 0.529. The van der Waals surface area contributed by atoms with Crippen molar-refractivity contribution in [1.29, 1.82) is 0 Å². The van der Waals surface area contributed by atoms with Crippen molar-refractivity contribution in [3.05, 3.63) is 35.6 Å². The Morgan fingerprint density at radius 3 is 2.85 bits per heavy atom. The van der Waals surface area contributed by atoms with Gasteiger partial charge in [-0.1, -0.05) is 32.0 Å². The second-order valence-corrected chi connectivity index (χ2v) is 5.99. The fourth-order valence-electron chi connectivity index (χ4n) is 2.36. The zero-order valence-corrected chi connectivity index (χ0v) is 12.3. The van der Waals surface area contributed by atoms with Crippen LogP contribution < -0.4 is 5.32 Å². The fourth-order valence-corrected chi connectivity index (χ4v) is 2.36. The molecule has 1 aromatic carbocycles. The van der Waals surface area contributed by atoms with Gasteiger partial charge in [-0.25, -0.2) is 0 Å². The lowest BCUT2D eigenvalue weighted by molar-refractivity contribution is 0.110. The van der Waals surface area contributed by atoms with Gasteiger partial charge < -0.3 is 14.5 Å². The Kier molecular flexibility index (Phi) is 4.08. The number of fused-ring (bicyclic) bond motifs is 1. The Morgan fingerprint density at radius 1 is 1.30 bits per heavy atom. The molecule has 3 rings (SSSR count). The highest BCUT2D eigenvalue weighted by molar-refractivity contribution is 5.82. The normalized spacial score (nSPS) is 15.3. The highest BCUT2D eigenvalue weighted by Gasteiger charge is 2.22. The van der Waals surface area contributed by atoms with Crippen molar-refractivity contribution in [2.75, 3.05) is 6.61 Å². The molecule has 0 unspecified atom stereocenters. The van der Waals surface area contributed by atoms with E-state index in [0.717, 1.165) is 30.4 Å². The van der Waals surface area contributed by atoms with Crippen LogP contribution in [-0.2, 0) is 17.9 Å². The van der Waals surface area contributed by atoms with Crippen molar-refractivity contribution in [3.63, 3.8) is 0 Å². The summed E-state index contributed by atoms with van der Waals surface area (Å²) >= 11 is 0. The molecule has 0 saturated heterocycles. The highest BCUT2D eigenvalue weighted by atomic mass is 16.5. The monoisotopic (exact) mass is 273 g/mol. The van der Waals surface area contributed by atoms with Crippen LogP contribution in [0.15, 0.2) is 28.7 Å². The van der Waals surface area contributed by atoms with Gasteiger partial charge in [0.15, 0.2) is 0 Å². The number of furan rings is 1. The summed E-state index contributed by atoms with van der Waals surface area (Å²) in [6, 6.07) is 8.66. The van der Waals surface area contributed by atoms with Gasteiger partial charge in [0.1, 0.15) is 11.3 Å². The van der Waals surface area contributed by atoms with Gasteiger partial charge in [0.05, 0.1) is 13.2 Å². The average molecular weight is 273 g/mol. The molecule has 20 heavy (non-hydrogen) atoms. The molecule has 0 aliphatic heterocycles. The van der Waals surface area contributed by atoms with Crippen LogP contribution in [0.2, 0.25) is 0 Å². The standard InChI is InChI=1S/C17H23NO2/c1-12(2)18-9-17-15(11-19-10-13-7-8-13)14-5-3-4-6-16(14)20-17/h3-6,12-13,18H,7-11H2,1-2H3. The van der Waals surface area contributed by atoms with Crippen LogP contribution in [0.3, 0.4) is 0 Å². The lowest BCUT2D eigenvalue weighted by Gasteiger charge is -2.08. The number of para-hydroxylation sites is 1. The molecule has 1 heterocycles. The molecule has 3 nitrogen and oxygen atoms in total. The Hall–Kier alpha value is -1.32. The SMILES string of the molecule is CC(C)NCc1oc2ccccc2c1COCC1CC1. The summed E-state index contributed by atoms with van der Waals surface area (Å²) in [6.45, 7) is 6.59. The van der Waals surface area contributed by atoms with Gasteiger partial charge in [-0.15, -0.1) is 0 Å². The number of rotatable bonds is 7. The van der Waals surface area contributed by atoms with Crippen molar-refractivity contribution in [2.24, 2.45) is 5.92 Å². The number of ether oxygens (including phenoxy) is 1. The smallest absolute Gasteiger partial charge is 0.134 e. The molecule has 3 heteroatoms. The van der Waals surface area contributed by atoms with Crippen LogP contribution in [-0.4, -0.2) is 12.6 Å². The second kappa shape index (κ2) is 5.98. The van der Waals surface area contributed by atoms with Crippen LogP contribution in [0.25, 0.3) is 11.0 Å². The van der Waals surface area contributed by atoms with Crippen molar-refractivity contribution < 1.29 is 9.15 Å². The number of hydrogen-bond donors (Lipinski definition) is 1. The van der Waals surface area contributed by atoms with Crippen LogP contribution in [0.4, 0.5) is 0 Å². The molecule has 1 N–H and O–H groups in total. The van der Waals surface area contributed by atoms with Gasteiger partial charge in [-0.2, -0.15) is 0 Å². The molecule has 1 saturated carbocycles. The van der Waals surface area contributed by atoms with Crippen molar-refractivity contribution >= 4 is 11.0 Å². The largest absolute Gasteiger partial charge is 0.459 e. The Balaban J connectivity index is 1.78. The summed E-state index contributed by atoms with van der Waals surface area (Å²) in [6.07, 6.45) is 2.65. The van der Waals surface area contributed by atoms with E-state index >= 15 is 0 Å². The Morgan fingerprint density at radius 2 is 2.10 bits per heavy atom. The molecule has 0 atom stereocenters. The minimum Gasteiger partial charge on any atom is -0.459 e. The summed E-state index contributed by atoms with van der Waals surface area (Å²) in [7, 11) is 0. The lowest BCUT2D eigenvalue weighted by atomic mass is 10.1. The average Bonchev–Trinajstić information content (AvgIpc) is 3.18. The van der Waals surface area contributed by atoms with E-state index in [0.29, 0.717) is 12.6 Å². The maximum atomic E-state index is 5.98. The molecule has 0 bridgehead atoms. The van der Waals surface area contributed by atoms with Gasteiger partial charge in [0.25, 0.3) is 0 Å². The van der Waals surface area contributed by atoms with Gasteiger partial charge in [0.2, 0.25) is 0 Å². The Labute approximate surface area is 120 Å². The molecular weight excluding hydrogens is 250 g/mol. The van der Waals surface area contributed by atoms with Crippen LogP contribution in [0.5, 0.6) is 0 Å². The lowest BCUT2D eigenvalue weighted by Crippen LogP contribution is -2.22.